The average molecular weight is 561 g/mol. The molecular weight excluding hydrogens is 516 g/mol. The van der Waals surface area contributed by atoms with E-state index in [0.717, 1.165) is 45.1 Å². The minimum atomic E-state index is -0.438. The molecule has 4 fully saturated rings. The number of rotatable bonds is 6. The summed E-state index contributed by atoms with van der Waals surface area (Å²) in [5.41, 5.74) is 2.36. The highest BCUT2D eigenvalue weighted by Gasteiger charge is 2.55. The number of hydrogen-bond acceptors (Lipinski definition) is 8. The van der Waals surface area contributed by atoms with Crippen molar-refractivity contribution in [2.75, 3.05) is 39.8 Å². The number of aryl methyl sites for hydroxylation is 1. The summed E-state index contributed by atoms with van der Waals surface area (Å²) >= 11 is 0. The van der Waals surface area contributed by atoms with Crippen LogP contribution in [0.5, 0.6) is 0 Å². The number of ketones is 1. The number of likely N-dealkylation sites (N-methyl/N-ethyl adjacent to an activating group) is 1. The summed E-state index contributed by atoms with van der Waals surface area (Å²) in [5, 5.41) is 16.9. The lowest BCUT2D eigenvalue weighted by atomic mass is 9.59. The van der Waals surface area contributed by atoms with Crippen LogP contribution < -0.4 is 10.6 Å². The molecule has 1 saturated carbocycles. The summed E-state index contributed by atoms with van der Waals surface area (Å²) < 4.78 is 6.47. The molecule has 0 aromatic heterocycles. The van der Waals surface area contributed by atoms with Crippen molar-refractivity contribution in [3.63, 3.8) is 0 Å². The fourth-order valence-corrected chi connectivity index (χ4v) is 8.20. The lowest BCUT2D eigenvalue weighted by molar-refractivity contribution is -0.154. The summed E-state index contributed by atoms with van der Waals surface area (Å²) in [6, 6.07) is 10.7. The fraction of sp³-hybridized carbons (Fsp3) is 0.656. The highest BCUT2D eigenvalue weighted by Crippen LogP contribution is 2.47. The van der Waals surface area contributed by atoms with Gasteiger partial charge < -0.3 is 14.5 Å². The number of benzene rings is 1. The molecule has 3 heterocycles. The molecule has 2 N–H and O–H groups in total. The van der Waals surface area contributed by atoms with E-state index in [0.29, 0.717) is 38.1 Å². The first kappa shape index (κ1) is 28.5. The van der Waals surface area contributed by atoms with E-state index in [2.05, 4.69) is 64.4 Å². The maximum absolute atomic E-state index is 14.5. The van der Waals surface area contributed by atoms with Gasteiger partial charge in [0.15, 0.2) is 12.1 Å². The summed E-state index contributed by atoms with van der Waals surface area (Å²) in [7, 11) is 2.15. The zero-order valence-electron chi connectivity index (χ0n) is 24.3. The SMILES string of the molecule is C=CC(=O)N1CCN(C2NC(OCC3CCCN3C)NC3C(=O)[C@]4(CCc5ccccc5C4)CCC32)CC1CC#N. The number of likely N-dealkylation sites (tertiary alicyclic amines) is 1. The van der Waals surface area contributed by atoms with Crippen molar-refractivity contribution in [2.45, 2.75) is 82.0 Å². The fourth-order valence-electron chi connectivity index (χ4n) is 8.20. The van der Waals surface area contributed by atoms with Crippen LogP contribution in [0.4, 0.5) is 0 Å². The first-order chi connectivity index (χ1) is 19.9. The van der Waals surface area contributed by atoms with E-state index in [9.17, 15) is 14.9 Å². The van der Waals surface area contributed by atoms with Gasteiger partial charge in [-0.15, -0.1) is 0 Å². The van der Waals surface area contributed by atoms with Gasteiger partial charge in [-0.3, -0.25) is 25.1 Å². The second-order valence-corrected chi connectivity index (χ2v) is 12.8. The summed E-state index contributed by atoms with van der Waals surface area (Å²) in [6.45, 7) is 7.15. The van der Waals surface area contributed by atoms with Gasteiger partial charge in [0.25, 0.3) is 0 Å². The Kier molecular flexibility index (Phi) is 8.30. The van der Waals surface area contributed by atoms with E-state index >= 15 is 0 Å². The van der Waals surface area contributed by atoms with E-state index in [1.165, 1.54) is 23.6 Å². The molecule has 6 unspecified atom stereocenters. The number of nitrogens with zero attached hydrogens (tertiary/aromatic N) is 4. The first-order valence-corrected chi connectivity index (χ1v) is 15.4. The van der Waals surface area contributed by atoms with E-state index in [-0.39, 0.29) is 41.9 Å². The number of Topliss-reactive ketones (excluding diaryl/α,β-unsaturated/α-hetero) is 1. The molecule has 41 heavy (non-hydrogen) atoms. The molecule has 1 aromatic carbocycles. The first-order valence-electron chi connectivity index (χ1n) is 15.4. The molecule has 1 aromatic rings. The molecule has 9 nitrogen and oxygen atoms in total. The molecule has 7 atom stereocenters. The van der Waals surface area contributed by atoms with E-state index < -0.39 is 6.35 Å². The molecule has 3 aliphatic heterocycles. The van der Waals surface area contributed by atoms with Gasteiger partial charge in [-0.1, -0.05) is 30.8 Å². The number of ether oxygens (including phenoxy) is 1. The predicted molar refractivity (Wildman–Crippen MR) is 155 cm³/mol. The van der Waals surface area contributed by atoms with Crippen LogP contribution in [0.3, 0.4) is 0 Å². The standard InChI is InChI=1S/C32H44N6O3/c1-3-27(39)38-18-17-37(20-24(38)12-15-33)30-26-11-14-32(13-10-22-7-4-5-8-23(22)19-32)29(40)28(26)34-31(35-30)41-21-25-9-6-16-36(25)2/h3-5,7-8,24-26,28,30-31,34-35H,1,6,9-14,16-21H2,2H3/t24?,25?,26?,28?,30?,31?,32-/m1/s1. The van der Waals surface area contributed by atoms with Crippen molar-refractivity contribution < 1.29 is 14.3 Å². The minimum Gasteiger partial charge on any atom is -0.348 e. The van der Waals surface area contributed by atoms with Crippen LogP contribution in [0.15, 0.2) is 36.9 Å². The summed E-state index contributed by atoms with van der Waals surface area (Å²) in [6.07, 6.45) is 7.88. The third kappa shape index (κ3) is 5.49. The highest BCUT2D eigenvalue weighted by atomic mass is 16.5. The van der Waals surface area contributed by atoms with Gasteiger partial charge in [-0.2, -0.15) is 5.26 Å². The molecular formula is C32H44N6O3. The van der Waals surface area contributed by atoms with Crippen molar-refractivity contribution in [1.82, 2.24) is 25.3 Å². The predicted octanol–water partition coefficient (Wildman–Crippen LogP) is 2.04. The normalized spacial score (nSPS) is 36.0. The number of nitrogens with one attached hydrogen (secondary N) is 2. The molecule has 220 valence electrons. The molecule has 3 saturated heterocycles. The Bertz CT molecular complexity index is 1200. The monoisotopic (exact) mass is 560 g/mol. The summed E-state index contributed by atoms with van der Waals surface area (Å²) in [5.74, 6) is 0.286. The Morgan fingerprint density at radius 3 is 2.76 bits per heavy atom. The Morgan fingerprint density at radius 1 is 1.17 bits per heavy atom. The Hall–Kier alpha value is -2.61. The highest BCUT2D eigenvalue weighted by molar-refractivity contribution is 5.91. The van der Waals surface area contributed by atoms with Crippen molar-refractivity contribution in [2.24, 2.45) is 11.3 Å². The van der Waals surface area contributed by atoms with Gasteiger partial charge in [0.1, 0.15) is 0 Å². The zero-order chi connectivity index (χ0) is 28.6. The van der Waals surface area contributed by atoms with E-state index in [4.69, 9.17) is 4.74 Å². The molecule has 5 aliphatic rings. The Balaban J connectivity index is 1.24. The quantitative estimate of drug-likeness (QED) is 0.510. The maximum atomic E-state index is 14.5. The second-order valence-electron chi connectivity index (χ2n) is 12.8. The van der Waals surface area contributed by atoms with Crippen LogP contribution in [0, 0.1) is 22.7 Å². The Labute approximate surface area is 243 Å². The number of amides is 1. The van der Waals surface area contributed by atoms with Gasteiger partial charge in [0.05, 0.1) is 37.3 Å². The van der Waals surface area contributed by atoms with Gasteiger partial charge >= 0.3 is 0 Å². The van der Waals surface area contributed by atoms with Crippen LogP contribution >= 0.6 is 0 Å². The minimum absolute atomic E-state index is 0.0769. The second kappa shape index (κ2) is 11.9. The molecule has 1 spiro atoms. The lowest BCUT2D eigenvalue weighted by Crippen LogP contribution is -2.74. The van der Waals surface area contributed by atoms with Crippen molar-refractivity contribution in [3.05, 3.63) is 48.0 Å². The van der Waals surface area contributed by atoms with Crippen LogP contribution in [0.25, 0.3) is 0 Å². The Morgan fingerprint density at radius 2 is 2.00 bits per heavy atom. The van der Waals surface area contributed by atoms with Crippen molar-refractivity contribution in [1.29, 1.82) is 5.26 Å². The third-order valence-electron chi connectivity index (χ3n) is 10.6. The smallest absolute Gasteiger partial charge is 0.246 e. The topological polar surface area (TPSA) is 101 Å². The van der Waals surface area contributed by atoms with Gasteiger partial charge in [-0.05, 0) is 75.7 Å². The third-order valence-corrected chi connectivity index (χ3v) is 10.6. The number of fused-ring (bicyclic) bond motifs is 2. The van der Waals surface area contributed by atoms with Gasteiger partial charge in [-0.25, -0.2) is 0 Å². The number of nitriles is 1. The van der Waals surface area contributed by atoms with Gasteiger partial charge in [0.2, 0.25) is 5.91 Å². The van der Waals surface area contributed by atoms with Crippen LogP contribution in [-0.2, 0) is 27.2 Å². The molecule has 9 heteroatoms. The number of carbonyl (C=O) groups is 2. The van der Waals surface area contributed by atoms with Gasteiger partial charge in [0, 0.05) is 37.0 Å². The van der Waals surface area contributed by atoms with Crippen LogP contribution in [0.2, 0.25) is 0 Å². The zero-order valence-corrected chi connectivity index (χ0v) is 24.3. The van der Waals surface area contributed by atoms with Crippen molar-refractivity contribution >= 4 is 11.7 Å². The molecule has 0 radical (unpaired) electrons. The lowest BCUT2D eigenvalue weighted by Gasteiger charge is -2.55. The molecule has 1 amide bonds. The largest absolute Gasteiger partial charge is 0.348 e. The van der Waals surface area contributed by atoms with Crippen LogP contribution in [-0.4, -0.2) is 96.9 Å². The number of piperazine rings is 1. The van der Waals surface area contributed by atoms with E-state index in [1.807, 2.05) is 0 Å². The van der Waals surface area contributed by atoms with Crippen molar-refractivity contribution in [3.8, 4) is 6.07 Å². The number of carbonyl (C=O) groups excluding carboxylic acids is 2. The maximum Gasteiger partial charge on any atom is 0.246 e. The van der Waals surface area contributed by atoms with E-state index in [1.54, 1.807) is 4.90 Å². The molecule has 2 aliphatic carbocycles. The summed E-state index contributed by atoms with van der Waals surface area (Å²) in [4.78, 5) is 33.5. The number of hydrogen-bond donors (Lipinski definition) is 2. The van der Waals surface area contributed by atoms with Crippen LogP contribution in [0.1, 0.15) is 49.7 Å². The molecule has 0 bridgehead atoms. The molecule has 6 rings (SSSR count). The average Bonchev–Trinajstić information content (AvgIpc) is 3.42.